The molecule has 5 heteroatoms. The third-order valence-electron chi connectivity index (χ3n) is 5.99. The summed E-state index contributed by atoms with van der Waals surface area (Å²) >= 11 is 1.89. The van der Waals surface area contributed by atoms with E-state index in [0.717, 1.165) is 16.7 Å². The van der Waals surface area contributed by atoms with E-state index in [9.17, 15) is 4.79 Å². The van der Waals surface area contributed by atoms with Crippen LogP contribution in [0.5, 0.6) is 0 Å². The number of carbonyl (C=O) groups excluding carboxylic acids is 1. The molecule has 1 aliphatic rings. The fourth-order valence-electron chi connectivity index (χ4n) is 4.22. The maximum absolute atomic E-state index is 13.0. The minimum absolute atomic E-state index is 0.0669. The molecule has 1 aliphatic carbocycles. The Morgan fingerprint density at radius 1 is 0.882 bits per heavy atom. The van der Waals surface area contributed by atoms with E-state index < -0.39 is 0 Å². The molecule has 1 unspecified atom stereocenters. The van der Waals surface area contributed by atoms with E-state index in [1.54, 1.807) is 28.2 Å². The van der Waals surface area contributed by atoms with E-state index in [0.29, 0.717) is 12.5 Å². The van der Waals surface area contributed by atoms with Gasteiger partial charge in [0.1, 0.15) is 0 Å². The Kier molecular flexibility index (Phi) is 12.8. The van der Waals surface area contributed by atoms with E-state index in [4.69, 9.17) is 0 Å². The normalized spacial score (nSPS) is 14.9. The van der Waals surface area contributed by atoms with Crippen LogP contribution < -0.4 is 0 Å². The van der Waals surface area contributed by atoms with Crippen molar-refractivity contribution in [3.8, 4) is 0 Å². The molecule has 0 aromatic heterocycles. The van der Waals surface area contributed by atoms with Crippen molar-refractivity contribution in [2.75, 3.05) is 28.2 Å². The van der Waals surface area contributed by atoms with Gasteiger partial charge in [-0.2, -0.15) is 28.2 Å². The molecule has 0 spiro atoms. The molecule has 34 heavy (non-hydrogen) atoms. The summed E-state index contributed by atoms with van der Waals surface area (Å²) in [7, 11) is 7.00. The van der Waals surface area contributed by atoms with Crippen molar-refractivity contribution in [3.63, 3.8) is 0 Å². The fraction of sp³-hybridized carbons (Fsp3) is 0.414. The first-order chi connectivity index (χ1) is 16.0. The molecule has 0 fully saturated rings. The van der Waals surface area contributed by atoms with Crippen molar-refractivity contribution in [2.45, 2.75) is 48.1 Å². The number of hydrogen-bond acceptors (Lipinski definition) is 1. The van der Waals surface area contributed by atoms with Gasteiger partial charge in [0.25, 0.3) is 0 Å². The van der Waals surface area contributed by atoms with Gasteiger partial charge in [0.05, 0.1) is 0 Å². The Bertz CT molecular complexity index is 1020. The third kappa shape index (κ3) is 7.78. The second-order valence-corrected chi connectivity index (χ2v) is 9.73. The van der Waals surface area contributed by atoms with E-state index in [2.05, 4.69) is 68.7 Å². The van der Waals surface area contributed by atoms with Crippen molar-refractivity contribution in [1.29, 1.82) is 0 Å². The van der Waals surface area contributed by atoms with Crippen molar-refractivity contribution in [1.82, 2.24) is 3.38 Å². The molecular weight excluding hydrogens is 454 g/mol. The van der Waals surface area contributed by atoms with Crippen LogP contribution in [-0.2, 0) is 27.2 Å². The Morgan fingerprint density at radius 3 is 1.85 bits per heavy atom. The molecular formula is C29H40N3OTi. The summed E-state index contributed by atoms with van der Waals surface area (Å²) in [6.07, 6.45) is 0. The van der Waals surface area contributed by atoms with Gasteiger partial charge in [-0.25, -0.2) is 0 Å². The molecule has 0 N–H and O–H groups in total. The predicted molar refractivity (Wildman–Crippen MR) is 143 cm³/mol. The maximum Gasteiger partial charge on any atom is -0.162 e. The summed E-state index contributed by atoms with van der Waals surface area (Å²) < 4.78 is 1.83. The summed E-state index contributed by atoms with van der Waals surface area (Å²) in [4.78, 5) is 13.0. The van der Waals surface area contributed by atoms with Gasteiger partial charge in [0.2, 0.25) is 0 Å². The minimum atomic E-state index is 0.0669. The topological polar surface area (TPSA) is 48.5 Å². The SMILES string of the molecule is CC1=C(C)C(C)C(c2ccccc2C[N]([Ti+2])C(=O)c2cc(C)cc(C)c2)=C1C.C[N-]C.C[N-]C. The van der Waals surface area contributed by atoms with Gasteiger partial charge in [-0.15, -0.1) is 0 Å². The first kappa shape index (κ1) is 30.1. The van der Waals surface area contributed by atoms with Crippen molar-refractivity contribution in [3.05, 3.63) is 97.6 Å². The number of rotatable bonds is 4. The minimum Gasteiger partial charge on any atom is -0.668 e. The van der Waals surface area contributed by atoms with Crippen LogP contribution in [0.15, 0.2) is 59.2 Å². The van der Waals surface area contributed by atoms with Gasteiger partial charge >= 0.3 is 181 Å². The largest absolute Gasteiger partial charge is 0.668 e. The molecule has 4 nitrogen and oxygen atoms in total. The summed E-state index contributed by atoms with van der Waals surface area (Å²) in [5.41, 5.74) is 11.1. The van der Waals surface area contributed by atoms with Gasteiger partial charge in [-0.05, 0) is 0 Å². The van der Waals surface area contributed by atoms with Crippen LogP contribution in [0.4, 0.5) is 0 Å². The van der Waals surface area contributed by atoms with Crippen LogP contribution >= 0.6 is 0 Å². The smallest absolute Gasteiger partial charge is 0.162 e. The number of allylic oxidation sites excluding steroid dienone is 4. The second-order valence-electron chi connectivity index (χ2n) is 8.89. The Balaban J connectivity index is 0.000000872. The van der Waals surface area contributed by atoms with E-state index in [-0.39, 0.29) is 5.91 Å². The molecule has 0 radical (unpaired) electrons. The number of amides is 1. The van der Waals surface area contributed by atoms with Crippen LogP contribution in [0.1, 0.15) is 60.3 Å². The van der Waals surface area contributed by atoms with Crippen molar-refractivity contribution >= 4 is 11.5 Å². The summed E-state index contributed by atoms with van der Waals surface area (Å²) in [5, 5.41) is 7.00. The van der Waals surface area contributed by atoms with E-state index >= 15 is 0 Å². The van der Waals surface area contributed by atoms with E-state index in [1.807, 2.05) is 50.1 Å². The van der Waals surface area contributed by atoms with Crippen molar-refractivity contribution in [2.24, 2.45) is 5.92 Å². The number of hydrogen-bond donors (Lipinski definition) is 0. The van der Waals surface area contributed by atoms with Gasteiger partial charge < -0.3 is 10.6 Å². The average Bonchev–Trinajstić information content (AvgIpc) is 2.97. The van der Waals surface area contributed by atoms with Crippen LogP contribution in [0.25, 0.3) is 16.2 Å². The Labute approximate surface area is 219 Å². The zero-order valence-electron chi connectivity index (χ0n) is 22.6. The first-order valence-corrected chi connectivity index (χ1v) is 12.3. The molecule has 3 rings (SSSR count). The fourth-order valence-corrected chi connectivity index (χ4v) is 4.68. The summed E-state index contributed by atoms with van der Waals surface area (Å²) in [6, 6.07) is 14.6. The Morgan fingerprint density at radius 2 is 1.38 bits per heavy atom. The van der Waals surface area contributed by atoms with Crippen LogP contribution in [0.2, 0.25) is 0 Å². The zero-order chi connectivity index (χ0) is 26.0. The van der Waals surface area contributed by atoms with Crippen molar-refractivity contribution < 1.29 is 25.5 Å². The van der Waals surface area contributed by atoms with Gasteiger partial charge in [0.15, 0.2) is 0 Å². The van der Waals surface area contributed by atoms with Crippen LogP contribution in [0, 0.1) is 19.8 Å². The first-order valence-electron chi connectivity index (χ1n) is 11.6. The molecule has 1 amide bonds. The van der Waals surface area contributed by atoms with Gasteiger partial charge in [-0.3, -0.25) is 0 Å². The molecule has 2 aromatic carbocycles. The quantitative estimate of drug-likeness (QED) is 0.409. The molecule has 0 aliphatic heterocycles. The van der Waals surface area contributed by atoms with Crippen LogP contribution in [0.3, 0.4) is 0 Å². The number of aryl methyl sites for hydroxylation is 2. The number of carbonyl (C=O) groups is 1. The second kappa shape index (κ2) is 14.4. The number of benzene rings is 2. The van der Waals surface area contributed by atoms with Gasteiger partial charge in [0, 0.05) is 0 Å². The summed E-state index contributed by atoms with van der Waals surface area (Å²) in [6.45, 7) is 13.6. The molecule has 0 saturated carbocycles. The standard InChI is InChI=1S/C25H29NO.2C2H6N.Ti/c1-15-11-16(2)13-22(12-15)25(27)26-14-21-9-7-8-10-23(21)24-19(5)17(3)18(4)20(24)6;2*1-3-2;/h7-13,19H,14H2,1-6H3,(H,26,27);2*1-2H3;/q;2*-1;+3/p-1. The maximum atomic E-state index is 13.0. The monoisotopic (exact) mass is 494 g/mol. The molecule has 2 aromatic rings. The van der Waals surface area contributed by atoms with Gasteiger partial charge in [-0.1, -0.05) is 0 Å². The molecule has 0 saturated heterocycles. The predicted octanol–water partition coefficient (Wildman–Crippen LogP) is 7.41. The summed E-state index contributed by atoms with van der Waals surface area (Å²) in [5.74, 6) is 0.485. The average molecular weight is 495 g/mol. The van der Waals surface area contributed by atoms with Crippen LogP contribution in [-0.4, -0.2) is 37.5 Å². The third-order valence-corrected chi connectivity index (χ3v) is 6.55. The number of nitrogens with zero attached hydrogens (tertiary/aromatic N) is 3. The molecule has 0 heterocycles. The zero-order valence-corrected chi connectivity index (χ0v) is 24.1. The van der Waals surface area contributed by atoms with E-state index in [1.165, 1.54) is 33.4 Å². The molecule has 0 bridgehead atoms. The molecule has 1 atom stereocenters. The molecule has 181 valence electrons. The Hall–Kier alpha value is -1.98.